The Morgan fingerprint density at radius 2 is 1.90 bits per heavy atom. The number of benzene rings is 1. The van der Waals surface area contributed by atoms with Crippen molar-refractivity contribution in [1.82, 2.24) is 4.90 Å². The Morgan fingerprint density at radius 1 is 1.24 bits per heavy atom. The largest absolute Gasteiger partial charge is 0.339 e. The van der Waals surface area contributed by atoms with E-state index in [4.69, 9.17) is 0 Å². The number of carbonyl (C=O) groups excluding carboxylic acids is 1. The third kappa shape index (κ3) is 5.02. The SMILES string of the molecule is CCC(c1ccc(F)cc1F)C(C)CN(C=O)CC(F)F. The van der Waals surface area contributed by atoms with E-state index in [1.54, 1.807) is 6.92 Å². The van der Waals surface area contributed by atoms with Crippen LogP contribution in [0, 0.1) is 17.6 Å². The first-order valence-electron chi connectivity index (χ1n) is 6.81. The van der Waals surface area contributed by atoms with Crippen molar-refractivity contribution in [3.05, 3.63) is 35.4 Å². The second kappa shape index (κ2) is 8.00. The second-order valence-electron chi connectivity index (χ2n) is 5.11. The van der Waals surface area contributed by atoms with E-state index in [1.165, 1.54) is 12.1 Å². The summed E-state index contributed by atoms with van der Waals surface area (Å²) in [4.78, 5) is 11.8. The average Bonchev–Trinajstić information content (AvgIpc) is 2.40. The van der Waals surface area contributed by atoms with Crippen LogP contribution in [0.15, 0.2) is 18.2 Å². The van der Waals surface area contributed by atoms with Crippen LogP contribution in [-0.2, 0) is 4.79 Å². The number of carbonyl (C=O) groups is 1. The van der Waals surface area contributed by atoms with E-state index in [-0.39, 0.29) is 18.4 Å². The van der Waals surface area contributed by atoms with Gasteiger partial charge in [-0.15, -0.1) is 0 Å². The Labute approximate surface area is 121 Å². The van der Waals surface area contributed by atoms with Crippen molar-refractivity contribution in [2.75, 3.05) is 13.1 Å². The van der Waals surface area contributed by atoms with Crippen LogP contribution < -0.4 is 0 Å². The summed E-state index contributed by atoms with van der Waals surface area (Å²) in [6.45, 7) is 3.06. The Hall–Kier alpha value is -1.59. The fourth-order valence-corrected chi connectivity index (χ4v) is 2.57. The lowest BCUT2D eigenvalue weighted by Gasteiger charge is -2.28. The average molecular weight is 305 g/mol. The molecule has 0 saturated carbocycles. The zero-order chi connectivity index (χ0) is 16.0. The molecule has 2 unspecified atom stereocenters. The molecule has 1 aromatic carbocycles. The van der Waals surface area contributed by atoms with Crippen LogP contribution in [0.5, 0.6) is 0 Å². The van der Waals surface area contributed by atoms with Gasteiger partial charge in [-0.1, -0.05) is 19.9 Å². The standard InChI is InChI=1S/C15H19F4NO/c1-3-12(13-5-4-11(16)6-14(13)17)10(2)7-20(9-21)8-15(18)19/h4-6,9-10,12,15H,3,7-8H2,1-2H3. The third-order valence-electron chi connectivity index (χ3n) is 3.53. The highest BCUT2D eigenvalue weighted by molar-refractivity contribution is 5.47. The molecule has 0 heterocycles. The van der Waals surface area contributed by atoms with Crippen molar-refractivity contribution in [3.63, 3.8) is 0 Å². The van der Waals surface area contributed by atoms with Gasteiger partial charge in [0.1, 0.15) is 11.6 Å². The second-order valence-corrected chi connectivity index (χ2v) is 5.11. The van der Waals surface area contributed by atoms with Crippen LogP contribution in [0.3, 0.4) is 0 Å². The molecular weight excluding hydrogens is 286 g/mol. The number of amides is 1. The molecule has 0 radical (unpaired) electrons. The molecule has 2 atom stereocenters. The molecule has 0 saturated heterocycles. The topological polar surface area (TPSA) is 20.3 Å². The number of hydrogen-bond donors (Lipinski definition) is 0. The molecule has 0 aliphatic rings. The number of alkyl halides is 2. The Kier molecular flexibility index (Phi) is 6.65. The fraction of sp³-hybridized carbons (Fsp3) is 0.533. The van der Waals surface area contributed by atoms with Gasteiger partial charge in [-0.2, -0.15) is 0 Å². The molecule has 0 aliphatic heterocycles. The lowest BCUT2D eigenvalue weighted by Crippen LogP contribution is -2.33. The molecule has 0 N–H and O–H groups in total. The summed E-state index contributed by atoms with van der Waals surface area (Å²) in [6, 6.07) is 3.35. The first-order valence-corrected chi connectivity index (χ1v) is 6.81. The lowest BCUT2D eigenvalue weighted by atomic mass is 9.84. The van der Waals surface area contributed by atoms with E-state index in [2.05, 4.69) is 0 Å². The lowest BCUT2D eigenvalue weighted by molar-refractivity contribution is -0.120. The van der Waals surface area contributed by atoms with E-state index in [1.807, 2.05) is 6.92 Å². The zero-order valence-electron chi connectivity index (χ0n) is 12.0. The highest BCUT2D eigenvalue weighted by Gasteiger charge is 2.23. The smallest absolute Gasteiger partial charge is 0.255 e. The van der Waals surface area contributed by atoms with E-state index < -0.39 is 24.6 Å². The van der Waals surface area contributed by atoms with Gasteiger partial charge >= 0.3 is 0 Å². The molecule has 2 nitrogen and oxygen atoms in total. The summed E-state index contributed by atoms with van der Waals surface area (Å²) in [7, 11) is 0. The maximum atomic E-state index is 13.8. The van der Waals surface area contributed by atoms with E-state index >= 15 is 0 Å². The predicted molar refractivity (Wildman–Crippen MR) is 72.2 cm³/mol. The summed E-state index contributed by atoms with van der Waals surface area (Å²) >= 11 is 0. The minimum Gasteiger partial charge on any atom is -0.339 e. The normalized spacial score (nSPS) is 14.0. The van der Waals surface area contributed by atoms with Gasteiger partial charge in [0.15, 0.2) is 0 Å². The first-order chi connectivity index (χ1) is 9.88. The predicted octanol–water partition coefficient (Wildman–Crippen LogP) is 3.82. The molecule has 21 heavy (non-hydrogen) atoms. The van der Waals surface area contributed by atoms with Crippen LogP contribution in [-0.4, -0.2) is 30.8 Å². The minimum atomic E-state index is -2.61. The van der Waals surface area contributed by atoms with Gasteiger partial charge in [-0.3, -0.25) is 4.79 Å². The highest BCUT2D eigenvalue weighted by Crippen LogP contribution is 2.30. The van der Waals surface area contributed by atoms with Gasteiger partial charge in [-0.05, 0) is 29.9 Å². The van der Waals surface area contributed by atoms with Crippen LogP contribution in [0.4, 0.5) is 17.6 Å². The van der Waals surface area contributed by atoms with Gasteiger partial charge in [0.05, 0.1) is 6.54 Å². The van der Waals surface area contributed by atoms with Crippen molar-refractivity contribution in [3.8, 4) is 0 Å². The third-order valence-corrected chi connectivity index (χ3v) is 3.53. The van der Waals surface area contributed by atoms with Gasteiger partial charge < -0.3 is 4.90 Å². The highest BCUT2D eigenvalue weighted by atomic mass is 19.3. The molecule has 118 valence electrons. The summed E-state index contributed by atoms with van der Waals surface area (Å²) in [6.07, 6.45) is -1.67. The van der Waals surface area contributed by atoms with Crippen molar-refractivity contribution in [2.45, 2.75) is 32.6 Å². The molecule has 6 heteroatoms. The monoisotopic (exact) mass is 305 g/mol. The fourth-order valence-electron chi connectivity index (χ4n) is 2.57. The number of rotatable bonds is 8. The van der Waals surface area contributed by atoms with E-state index in [0.717, 1.165) is 11.0 Å². The molecular formula is C15H19F4NO. The molecule has 0 bridgehead atoms. The summed E-state index contributed by atoms with van der Waals surface area (Å²) < 4.78 is 51.4. The zero-order valence-corrected chi connectivity index (χ0v) is 12.0. The Morgan fingerprint density at radius 3 is 2.38 bits per heavy atom. The van der Waals surface area contributed by atoms with E-state index in [9.17, 15) is 22.4 Å². The number of nitrogens with zero attached hydrogens (tertiary/aromatic N) is 1. The maximum absolute atomic E-state index is 13.8. The molecule has 0 aliphatic carbocycles. The first kappa shape index (κ1) is 17.5. The molecule has 0 fully saturated rings. The Bertz CT molecular complexity index is 467. The molecule has 0 spiro atoms. The van der Waals surface area contributed by atoms with Crippen LogP contribution in [0.25, 0.3) is 0 Å². The quantitative estimate of drug-likeness (QED) is 0.528. The number of halogens is 4. The van der Waals surface area contributed by atoms with Gasteiger partial charge in [0.25, 0.3) is 6.43 Å². The van der Waals surface area contributed by atoms with Crippen molar-refractivity contribution in [2.24, 2.45) is 5.92 Å². The van der Waals surface area contributed by atoms with Crippen molar-refractivity contribution >= 4 is 6.41 Å². The van der Waals surface area contributed by atoms with Crippen LogP contribution >= 0.6 is 0 Å². The molecule has 0 aromatic heterocycles. The van der Waals surface area contributed by atoms with Crippen molar-refractivity contribution in [1.29, 1.82) is 0 Å². The molecule has 1 rings (SSSR count). The minimum absolute atomic E-state index is 0.100. The van der Waals surface area contributed by atoms with Crippen molar-refractivity contribution < 1.29 is 22.4 Å². The van der Waals surface area contributed by atoms with Gasteiger partial charge in [-0.25, -0.2) is 17.6 Å². The maximum Gasteiger partial charge on any atom is 0.255 e. The van der Waals surface area contributed by atoms with Gasteiger partial charge in [0, 0.05) is 12.6 Å². The molecule has 1 amide bonds. The Balaban J connectivity index is 2.85. The van der Waals surface area contributed by atoms with Gasteiger partial charge in [0.2, 0.25) is 6.41 Å². The summed E-state index contributed by atoms with van der Waals surface area (Å²) in [5.74, 6) is -1.81. The van der Waals surface area contributed by atoms with E-state index in [0.29, 0.717) is 18.4 Å². The van der Waals surface area contributed by atoms with Crippen LogP contribution in [0.1, 0.15) is 31.7 Å². The number of hydrogen-bond acceptors (Lipinski definition) is 1. The summed E-state index contributed by atoms with van der Waals surface area (Å²) in [5.41, 5.74) is 0.342. The summed E-state index contributed by atoms with van der Waals surface area (Å²) in [5, 5.41) is 0. The van der Waals surface area contributed by atoms with Crippen LogP contribution in [0.2, 0.25) is 0 Å². The molecule has 1 aromatic rings.